The molecule has 0 amide bonds. The lowest BCUT2D eigenvalue weighted by Crippen LogP contribution is -2.33. The zero-order valence-corrected chi connectivity index (χ0v) is 15.7. The third-order valence-electron chi connectivity index (χ3n) is 4.60. The minimum absolute atomic E-state index is 0.00699. The topological polar surface area (TPSA) is 221 Å². The fourth-order valence-electron chi connectivity index (χ4n) is 3.11. The first-order valence-corrected chi connectivity index (χ1v) is 8.85. The number of carbonyl (C=O) groups is 1. The second-order valence-electron chi connectivity index (χ2n) is 6.57. The number of ketones is 1. The Morgan fingerprint density at radius 1 is 0.844 bits per heavy atom. The van der Waals surface area contributed by atoms with E-state index in [4.69, 9.17) is 11.5 Å². The Morgan fingerprint density at radius 2 is 1.31 bits per heavy atom. The van der Waals surface area contributed by atoms with Crippen LogP contribution in [0.1, 0.15) is 27.7 Å². The molecule has 4 aromatic heterocycles. The smallest absolute Gasteiger partial charge is 0.275 e. The molecular weight excluding hydrogens is 427 g/mol. The zero-order chi connectivity index (χ0) is 22.6. The average molecular weight is 438 g/mol. The van der Waals surface area contributed by atoms with Crippen LogP contribution >= 0.6 is 0 Å². The molecular formula is C16H11FN12O3. The van der Waals surface area contributed by atoms with Crippen LogP contribution in [0.4, 0.5) is 16.3 Å². The van der Waals surface area contributed by atoms with Gasteiger partial charge in [0.2, 0.25) is 11.9 Å². The molecule has 6 N–H and O–H groups in total. The number of nitrogen functional groups attached to an aromatic ring is 2. The van der Waals surface area contributed by atoms with Crippen LogP contribution in [0.15, 0.2) is 33.9 Å². The summed E-state index contributed by atoms with van der Waals surface area (Å²) >= 11 is 0. The van der Waals surface area contributed by atoms with E-state index in [0.717, 1.165) is 21.2 Å². The molecule has 0 unspecified atom stereocenters. The van der Waals surface area contributed by atoms with Gasteiger partial charge in [0, 0.05) is 5.56 Å². The van der Waals surface area contributed by atoms with Crippen LogP contribution in [0.2, 0.25) is 0 Å². The molecule has 15 nitrogen and oxygen atoms in total. The fraction of sp³-hybridized carbons (Fsp3) is 0.0625. The van der Waals surface area contributed by atoms with E-state index in [0.29, 0.717) is 0 Å². The number of halogens is 1. The third kappa shape index (κ3) is 2.85. The van der Waals surface area contributed by atoms with Crippen LogP contribution in [0.5, 0.6) is 0 Å². The van der Waals surface area contributed by atoms with Crippen LogP contribution in [-0.4, -0.2) is 55.4 Å². The summed E-state index contributed by atoms with van der Waals surface area (Å²) in [6, 6.07) is 4.51. The molecule has 4 heterocycles. The monoisotopic (exact) mass is 438 g/mol. The van der Waals surface area contributed by atoms with E-state index in [1.165, 1.54) is 12.1 Å². The van der Waals surface area contributed by atoms with Crippen molar-refractivity contribution in [3.8, 4) is 0 Å². The van der Waals surface area contributed by atoms with Gasteiger partial charge in [-0.05, 0) is 24.3 Å². The van der Waals surface area contributed by atoms with Crippen molar-refractivity contribution < 1.29 is 9.18 Å². The van der Waals surface area contributed by atoms with Crippen molar-refractivity contribution in [3.05, 3.63) is 67.7 Å². The van der Waals surface area contributed by atoms with Crippen LogP contribution < -0.4 is 22.6 Å². The average Bonchev–Trinajstić information content (AvgIpc) is 3.31. The number of hydrogen-bond acceptors (Lipinski definition) is 11. The SMILES string of the molecule is Nc1nnc2[nH]c(=O)c(C(C(=O)c3ccc(F)cc3)c3nn4c(N)nnc4[nH]c3=O)nn12. The van der Waals surface area contributed by atoms with Crippen molar-refractivity contribution in [2.75, 3.05) is 11.5 Å². The summed E-state index contributed by atoms with van der Waals surface area (Å²) in [5.41, 5.74) is 8.86. The van der Waals surface area contributed by atoms with Gasteiger partial charge < -0.3 is 11.5 Å². The lowest BCUT2D eigenvalue weighted by molar-refractivity contribution is 0.0969. The highest BCUT2D eigenvalue weighted by molar-refractivity contribution is 6.02. The summed E-state index contributed by atoms with van der Waals surface area (Å²) in [6.45, 7) is 0. The Morgan fingerprint density at radius 3 is 1.78 bits per heavy atom. The second-order valence-corrected chi connectivity index (χ2v) is 6.57. The third-order valence-corrected chi connectivity index (χ3v) is 4.60. The molecule has 0 bridgehead atoms. The molecule has 0 spiro atoms. The highest BCUT2D eigenvalue weighted by Gasteiger charge is 2.34. The number of hydrogen-bond donors (Lipinski definition) is 4. The van der Waals surface area contributed by atoms with Gasteiger partial charge in [-0.2, -0.15) is 19.2 Å². The van der Waals surface area contributed by atoms with Crippen molar-refractivity contribution in [1.82, 2.24) is 49.6 Å². The maximum Gasteiger partial charge on any atom is 0.275 e. The van der Waals surface area contributed by atoms with Crippen molar-refractivity contribution >= 4 is 29.2 Å². The molecule has 0 saturated heterocycles. The summed E-state index contributed by atoms with van der Waals surface area (Å²) < 4.78 is 15.4. The first-order chi connectivity index (χ1) is 15.3. The Kier molecular flexibility index (Phi) is 4.01. The maximum absolute atomic E-state index is 13.4. The van der Waals surface area contributed by atoms with E-state index in [9.17, 15) is 18.8 Å². The second kappa shape index (κ2) is 6.76. The van der Waals surface area contributed by atoms with Gasteiger partial charge in [0.1, 0.15) is 23.1 Å². The highest BCUT2D eigenvalue weighted by Crippen LogP contribution is 2.23. The summed E-state index contributed by atoms with van der Waals surface area (Å²) in [7, 11) is 0. The number of benzene rings is 1. The van der Waals surface area contributed by atoms with Crippen molar-refractivity contribution in [3.63, 3.8) is 0 Å². The predicted octanol–water partition coefficient (Wildman–Crippen LogP) is -1.74. The number of rotatable bonds is 4. The minimum atomic E-state index is -1.63. The summed E-state index contributed by atoms with van der Waals surface area (Å²) in [5, 5.41) is 22.6. The molecule has 160 valence electrons. The Hall–Kier alpha value is -5.02. The van der Waals surface area contributed by atoms with E-state index >= 15 is 0 Å². The standard InChI is InChI=1S/C16H11FN12O3/c17-6-3-1-5(2-4-6)10(30)7(8-11(31)20-15-24-22-13(18)28(15)26-8)9-12(32)21-16-25-23-14(19)29(16)27-9/h1-4,7H,(H2,18,22)(H2,19,23)(H,20,24,31)(H,21,25,32). The number of nitrogens with two attached hydrogens (primary N) is 2. The fourth-order valence-corrected chi connectivity index (χ4v) is 3.11. The number of Topliss-reactive ketones (excluding diaryl/α,β-unsaturated/α-hetero) is 1. The Labute approximate surface area is 173 Å². The molecule has 0 atom stereocenters. The number of carbonyl (C=O) groups excluding carboxylic acids is 1. The molecule has 0 aliphatic carbocycles. The number of nitrogens with one attached hydrogen (secondary N) is 2. The largest absolute Gasteiger partial charge is 0.366 e. The van der Waals surface area contributed by atoms with Gasteiger partial charge in [0.25, 0.3) is 22.7 Å². The number of anilines is 2. The van der Waals surface area contributed by atoms with E-state index in [2.05, 4.69) is 40.6 Å². The molecule has 0 radical (unpaired) electrons. The number of aromatic nitrogens is 10. The van der Waals surface area contributed by atoms with E-state index in [-0.39, 0.29) is 29.0 Å². The number of H-pyrrole nitrogens is 2. The lowest BCUT2D eigenvalue weighted by Gasteiger charge is -2.14. The molecule has 5 aromatic rings. The molecule has 0 aliphatic heterocycles. The summed E-state index contributed by atoms with van der Waals surface area (Å²) in [5.74, 6) is -3.49. The van der Waals surface area contributed by atoms with Crippen molar-refractivity contribution in [2.24, 2.45) is 0 Å². The molecule has 1 aromatic carbocycles. The predicted molar refractivity (Wildman–Crippen MR) is 104 cm³/mol. The molecule has 16 heteroatoms. The highest BCUT2D eigenvalue weighted by atomic mass is 19.1. The summed E-state index contributed by atoms with van der Waals surface area (Å²) in [6.07, 6.45) is 0. The lowest BCUT2D eigenvalue weighted by atomic mass is 9.92. The first kappa shape index (κ1) is 19.0. The van der Waals surface area contributed by atoms with E-state index in [1.807, 2.05) is 0 Å². The van der Waals surface area contributed by atoms with E-state index in [1.54, 1.807) is 0 Å². The normalized spacial score (nSPS) is 11.6. The number of fused-ring (bicyclic) bond motifs is 2. The van der Waals surface area contributed by atoms with Crippen molar-refractivity contribution in [1.29, 1.82) is 0 Å². The number of nitrogens with zero attached hydrogens (tertiary/aromatic N) is 8. The van der Waals surface area contributed by atoms with Crippen LogP contribution in [0, 0.1) is 5.82 Å². The van der Waals surface area contributed by atoms with Crippen molar-refractivity contribution in [2.45, 2.75) is 5.92 Å². The van der Waals surface area contributed by atoms with Crippen LogP contribution in [0.3, 0.4) is 0 Å². The Balaban J connectivity index is 1.80. The van der Waals surface area contributed by atoms with Gasteiger partial charge in [-0.15, -0.1) is 20.4 Å². The van der Waals surface area contributed by atoms with Gasteiger partial charge in [0.05, 0.1) is 0 Å². The molecule has 0 fully saturated rings. The molecule has 0 aliphatic rings. The van der Waals surface area contributed by atoms with Crippen LogP contribution in [-0.2, 0) is 0 Å². The summed E-state index contributed by atoms with van der Waals surface area (Å²) in [4.78, 5) is 43.8. The van der Waals surface area contributed by atoms with Gasteiger partial charge in [0.15, 0.2) is 5.78 Å². The van der Waals surface area contributed by atoms with Gasteiger partial charge >= 0.3 is 0 Å². The zero-order valence-electron chi connectivity index (χ0n) is 15.7. The Bertz CT molecular complexity index is 1540. The maximum atomic E-state index is 13.4. The van der Waals surface area contributed by atoms with Gasteiger partial charge in [-0.25, -0.2) is 4.39 Å². The molecule has 32 heavy (non-hydrogen) atoms. The number of aromatic amines is 2. The minimum Gasteiger partial charge on any atom is -0.366 e. The van der Waals surface area contributed by atoms with Gasteiger partial charge in [-0.1, -0.05) is 0 Å². The molecule has 0 saturated carbocycles. The quantitative estimate of drug-likeness (QED) is 0.230. The first-order valence-electron chi connectivity index (χ1n) is 8.85. The van der Waals surface area contributed by atoms with Gasteiger partial charge in [-0.3, -0.25) is 24.4 Å². The van der Waals surface area contributed by atoms with E-state index < -0.39 is 40.0 Å². The molecule has 5 rings (SSSR count). The van der Waals surface area contributed by atoms with Crippen LogP contribution in [0.25, 0.3) is 11.6 Å².